The van der Waals surface area contributed by atoms with Crippen LogP contribution in [0.15, 0.2) is 29.3 Å². The van der Waals surface area contributed by atoms with Crippen molar-refractivity contribution in [2.24, 2.45) is 4.99 Å². The van der Waals surface area contributed by atoms with Gasteiger partial charge >= 0.3 is 0 Å². The van der Waals surface area contributed by atoms with Crippen LogP contribution in [-0.4, -0.2) is 57.2 Å². The van der Waals surface area contributed by atoms with E-state index < -0.39 is 0 Å². The van der Waals surface area contributed by atoms with Crippen molar-refractivity contribution in [1.82, 2.24) is 10.2 Å². The van der Waals surface area contributed by atoms with E-state index in [0.717, 1.165) is 51.0 Å². The predicted molar refractivity (Wildman–Crippen MR) is 78.4 cm³/mol. The molecule has 0 radical (unpaired) electrons. The molecule has 1 N–H and O–H groups in total. The van der Waals surface area contributed by atoms with Crippen LogP contribution >= 0.6 is 0 Å². The smallest absolute Gasteiger partial charge is 0.124 e. The Balaban J connectivity index is 1.95. The van der Waals surface area contributed by atoms with Gasteiger partial charge in [0.1, 0.15) is 11.6 Å². The molecule has 1 saturated heterocycles. The summed E-state index contributed by atoms with van der Waals surface area (Å²) in [5.41, 5.74) is 1.17. The summed E-state index contributed by atoms with van der Waals surface area (Å²) in [7, 11) is 1.72. The van der Waals surface area contributed by atoms with E-state index >= 15 is 0 Å². The van der Waals surface area contributed by atoms with Crippen LogP contribution in [0.5, 0.6) is 5.75 Å². The van der Waals surface area contributed by atoms with Gasteiger partial charge in [-0.2, -0.15) is 0 Å². The van der Waals surface area contributed by atoms with Crippen molar-refractivity contribution in [3.63, 3.8) is 0 Å². The Morgan fingerprint density at radius 2 is 2.10 bits per heavy atom. The number of morpholine rings is 1. The lowest BCUT2D eigenvalue weighted by Crippen LogP contribution is -2.44. The highest BCUT2D eigenvalue weighted by Crippen LogP contribution is 2.31. The number of hydrogen-bond donors (Lipinski definition) is 1. The molecule has 0 bridgehead atoms. The number of nitrogens with one attached hydrogen (secondary N) is 1. The van der Waals surface area contributed by atoms with Gasteiger partial charge in [0.25, 0.3) is 0 Å². The van der Waals surface area contributed by atoms with E-state index in [1.54, 1.807) is 7.11 Å². The lowest BCUT2D eigenvalue weighted by atomic mass is 10.0. The van der Waals surface area contributed by atoms with Crippen LogP contribution in [0, 0.1) is 0 Å². The summed E-state index contributed by atoms with van der Waals surface area (Å²) >= 11 is 0. The lowest BCUT2D eigenvalue weighted by Gasteiger charge is -2.35. The summed E-state index contributed by atoms with van der Waals surface area (Å²) in [6.45, 7) is 5.17. The van der Waals surface area contributed by atoms with Crippen LogP contribution < -0.4 is 10.1 Å². The molecule has 1 aromatic rings. The van der Waals surface area contributed by atoms with Gasteiger partial charge in [-0.3, -0.25) is 9.89 Å². The third kappa shape index (κ3) is 2.64. The highest BCUT2D eigenvalue weighted by atomic mass is 16.5. The van der Waals surface area contributed by atoms with Crippen molar-refractivity contribution < 1.29 is 9.47 Å². The zero-order valence-corrected chi connectivity index (χ0v) is 11.8. The molecule has 1 unspecified atom stereocenters. The number of nitrogens with zero attached hydrogens (tertiary/aromatic N) is 2. The van der Waals surface area contributed by atoms with Gasteiger partial charge in [0, 0.05) is 25.2 Å². The van der Waals surface area contributed by atoms with E-state index in [1.165, 1.54) is 5.56 Å². The zero-order chi connectivity index (χ0) is 13.8. The van der Waals surface area contributed by atoms with Crippen molar-refractivity contribution >= 4 is 5.84 Å². The van der Waals surface area contributed by atoms with Gasteiger partial charge in [-0.15, -0.1) is 0 Å². The Labute approximate surface area is 119 Å². The molecule has 5 heteroatoms. The van der Waals surface area contributed by atoms with Crippen molar-refractivity contribution in [2.45, 2.75) is 6.04 Å². The average Bonchev–Trinajstić information content (AvgIpc) is 3.03. The molecule has 1 atom stereocenters. The van der Waals surface area contributed by atoms with Crippen molar-refractivity contribution in [3.05, 3.63) is 29.8 Å². The van der Waals surface area contributed by atoms with Gasteiger partial charge in [0.05, 0.1) is 32.9 Å². The van der Waals surface area contributed by atoms with E-state index in [4.69, 9.17) is 9.47 Å². The fraction of sp³-hybridized carbons (Fsp3) is 0.533. The molecule has 3 rings (SSSR count). The van der Waals surface area contributed by atoms with E-state index in [-0.39, 0.29) is 6.04 Å². The summed E-state index contributed by atoms with van der Waals surface area (Å²) in [5.74, 6) is 1.97. The van der Waals surface area contributed by atoms with Crippen molar-refractivity contribution in [2.75, 3.05) is 46.5 Å². The zero-order valence-electron chi connectivity index (χ0n) is 11.8. The molecule has 0 spiro atoms. The first-order valence-corrected chi connectivity index (χ1v) is 7.13. The van der Waals surface area contributed by atoms with Crippen molar-refractivity contribution in [1.29, 1.82) is 0 Å². The number of amidine groups is 1. The molecule has 20 heavy (non-hydrogen) atoms. The second-order valence-corrected chi connectivity index (χ2v) is 4.99. The third-order valence-electron chi connectivity index (χ3n) is 3.80. The standard InChI is InChI=1S/C15H21N3O2/c1-19-13-5-3-2-4-12(13)14(15-16-6-7-17-15)18-8-10-20-11-9-18/h2-5,14H,6-11H2,1H3,(H,16,17). The van der Waals surface area contributed by atoms with Crippen molar-refractivity contribution in [3.8, 4) is 5.75 Å². The number of ether oxygens (including phenoxy) is 2. The van der Waals surface area contributed by atoms with Gasteiger partial charge in [-0.25, -0.2) is 0 Å². The number of aliphatic imine (C=N–C) groups is 1. The number of hydrogen-bond acceptors (Lipinski definition) is 5. The normalized spacial score (nSPS) is 21.1. The minimum absolute atomic E-state index is 0.137. The van der Waals surface area contributed by atoms with Gasteiger partial charge < -0.3 is 14.8 Å². The van der Waals surface area contributed by atoms with Gasteiger partial charge in [-0.1, -0.05) is 18.2 Å². The number of benzene rings is 1. The van der Waals surface area contributed by atoms with Crippen LogP contribution in [0.2, 0.25) is 0 Å². The molecular formula is C15H21N3O2. The Hall–Kier alpha value is -1.59. The highest BCUT2D eigenvalue weighted by molar-refractivity contribution is 5.90. The minimum Gasteiger partial charge on any atom is -0.496 e. The summed E-state index contributed by atoms with van der Waals surface area (Å²) in [4.78, 5) is 7.05. The predicted octanol–water partition coefficient (Wildman–Crippen LogP) is 1.07. The molecule has 0 aliphatic carbocycles. The Morgan fingerprint density at radius 3 is 2.80 bits per heavy atom. The van der Waals surface area contributed by atoms with Crippen LogP contribution in [-0.2, 0) is 4.74 Å². The fourth-order valence-corrected chi connectivity index (χ4v) is 2.84. The summed E-state index contributed by atoms with van der Waals surface area (Å²) in [5, 5.41) is 3.42. The Bertz CT molecular complexity index is 484. The maximum Gasteiger partial charge on any atom is 0.124 e. The molecule has 2 aliphatic rings. The maximum atomic E-state index is 5.54. The van der Waals surface area contributed by atoms with E-state index in [0.29, 0.717) is 0 Å². The molecule has 0 amide bonds. The molecule has 0 saturated carbocycles. The monoisotopic (exact) mass is 275 g/mol. The van der Waals surface area contributed by atoms with Gasteiger partial charge in [-0.05, 0) is 6.07 Å². The van der Waals surface area contributed by atoms with Crippen LogP contribution in [0.1, 0.15) is 11.6 Å². The molecule has 1 aromatic carbocycles. The second-order valence-electron chi connectivity index (χ2n) is 4.99. The molecule has 5 nitrogen and oxygen atoms in total. The largest absolute Gasteiger partial charge is 0.496 e. The number of rotatable bonds is 4. The Morgan fingerprint density at radius 1 is 1.30 bits per heavy atom. The average molecular weight is 275 g/mol. The second kappa shape index (κ2) is 6.24. The summed E-state index contributed by atoms with van der Waals surface area (Å²) in [6, 6.07) is 8.33. The first-order valence-electron chi connectivity index (χ1n) is 7.13. The molecule has 108 valence electrons. The minimum atomic E-state index is 0.137. The molecule has 2 aliphatic heterocycles. The lowest BCUT2D eigenvalue weighted by molar-refractivity contribution is 0.0279. The number of para-hydroxylation sites is 1. The van der Waals surface area contributed by atoms with E-state index in [9.17, 15) is 0 Å². The Kier molecular flexibility index (Phi) is 4.18. The summed E-state index contributed by atoms with van der Waals surface area (Å²) in [6.07, 6.45) is 0. The third-order valence-corrected chi connectivity index (χ3v) is 3.80. The van der Waals surface area contributed by atoms with E-state index in [2.05, 4.69) is 27.3 Å². The number of methoxy groups -OCH3 is 1. The molecular weight excluding hydrogens is 254 g/mol. The van der Waals surface area contributed by atoms with Crippen LogP contribution in [0.4, 0.5) is 0 Å². The van der Waals surface area contributed by atoms with Gasteiger partial charge in [0.15, 0.2) is 0 Å². The highest BCUT2D eigenvalue weighted by Gasteiger charge is 2.30. The summed E-state index contributed by atoms with van der Waals surface area (Å²) < 4.78 is 11.0. The fourth-order valence-electron chi connectivity index (χ4n) is 2.84. The molecule has 0 aromatic heterocycles. The quantitative estimate of drug-likeness (QED) is 0.893. The first-order chi connectivity index (χ1) is 9.90. The van der Waals surface area contributed by atoms with Crippen LogP contribution in [0.25, 0.3) is 0 Å². The first kappa shape index (κ1) is 13.4. The SMILES string of the molecule is COc1ccccc1C(C1=NCCN1)N1CCOCC1. The van der Waals surface area contributed by atoms with E-state index in [1.807, 2.05) is 12.1 Å². The van der Waals surface area contributed by atoms with Crippen LogP contribution in [0.3, 0.4) is 0 Å². The maximum absolute atomic E-state index is 5.54. The molecule has 2 heterocycles. The molecule has 1 fully saturated rings. The van der Waals surface area contributed by atoms with Gasteiger partial charge in [0.2, 0.25) is 0 Å². The topological polar surface area (TPSA) is 46.1 Å².